The van der Waals surface area contributed by atoms with Gasteiger partial charge in [-0.3, -0.25) is 14.8 Å². The maximum Gasteiger partial charge on any atom is 0.288 e. The molecule has 0 atom stereocenters. The molecule has 0 bridgehead atoms. The number of aromatic nitrogens is 3. The average molecular weight is 268 g/mol. The van der Waals surface area contributed by atoms with Crippen molar-refractivity contribution in [2.45, 2.75) is 6.54 Å². The van der Waals surface area contributed by atoms with Gasteiger partial charge in [0.05, 0.1) is 23.4 Å². The number of rotatable bonds is 4. The number of hydrogen-bond donors (Lipinski definition) is 1. The molecule has 94 valence electrons. The number of anilines is 1. The van der Waals surface area contributed by atoms with Gasteiger partial charge in [0, 0.05) is 18.8 Å². The molecule has 0 amide bonds. The lowest BCUT2D eigenvalue weighted by Crippen LogP contribution is -2.05. The van der Waals surface area contributed by atoms with Gasteiger partial charge < -0.3 is 5.32 Å². The van der Waals surface area contributed by atoms with Crippen LogP contribution in [0.4, 0.5) is 11.4 Å². The molecule has 0 aliphatic rings. The summed E-state index contributed by atoms with van der Waals surface area (Å²) in [4.78, 5) is 10.1. The van der Waals surface area contributed by atoms with Crippen LogP contribution in [0, 0.1) is 10.1 Å². The van der Waals surface area contributed by atoms with Crippen LogP contribution in [0.1, 0.15) is 5.69 Å². The van der Waals surface area contributed by atoms with E-state index < -0.39 is 4.92 Å². The first-order valence-corrected chi connectivity index (χ1v) is 5.47. The van der Waals surface area contributed by atoms with Gasteiger partial charge in [-0.1, -0.05) is 16.8 Å². The van der Waals surface area contributed by atoms with Crippen molar-refractivity contribution in [2.24, 2.45) is 7.05 Å². The van der Waals surface area contributed by atoms with E-state index in [0.29, 0.717) is 12.2 Å². The smallest absolute Gasteiger partial charge is 0.288 e. The third-order valence-electron chi connectivity index (χ3n) is 2.43. The molecule has 0 spiro atoms. The summed E-state index contributed by atoms with van der Waals surface area (Å²) in [5.41, 5.74) is 1.49. The van der Waals surface area contributed by atoms with E-state index in [1.54, 1.807) is 24.0 Å². The normalized spacial score (nSPS) is 10.3. The van der Waals surface area contributed by atoms with Crippen molar-refractivity contribution in [2.75, 3.05) is 5.32 Å². The monoisotopic (exact) mass is 267 g/mol. The number of benzene rings is 1. The molecule has 0 fully saturated rings. The van der Waals surface area contributed by atoms with E-state index in [9.17, 15) is 10.1 Å². The second-order valence-corrected chi connectivity index (χ2v) is 4.03. The van der Waals surface area contributed by atoms with Gasteiger partial charge in [-0.2, -0.15) is 0 Å². The Balaban J connectivity index is 2.09. The van der Waals surface area contributed by atoms with E-state index in [4.69, 9.17) is 11.6 Å². The van der Waals surface area contributed by atoms with Crippen molar-refractivity contribution in [3.63, 3.8) is 0 Å². The number of halogens is 1. The Morgan fingerprint density at radius 1 is 1.56 bits per heavy atom. The van der Waals surface area contributed by atoms with E-state index in [1.807, 2.05) is 0 Å². The lowest BCUT2D eigenvalue weighted by Gasteiger charge is -2.06. The molecule has 1 aromatic heterocycles. The summed E-state index contributed by atoms with van der Waals surface area (Å²) < 4.78 is 1.64. The molecule has 0 saturated heterocycles. The van der Waals surface area contributed by atoms with Gasteiger partial charge in [0.2, 0.25) is 0 Å². The molecule has 1 aromatic carbocycles. The molecule has 0 unspecified atom stereocenters. The highest BCUT2D eigenvalue weighted by atomic mass is 35.5. The first kappa shape index (κ1) is 12.3. The number of nitrogens with zero attached hydrogens (tertiary/aromatic N) is 4. The van der Waals surface area contributed by atoms with Crippen LogP contribution in [0.3, 0.4) is 0 Å². The fourth-order valence-corrected chi connectivity index (χ4v) is 1.68. The molecular formula is C10H10ClN5O2. The molecule has 0 aliphatic carbocycles. The van der Waals surface area contributed by atoms with Gasteiger partial charge in [0.15, 0.2) is 0 Å². The van der Waals surface area contributed by atoms with Crippen LogP contribution in [0.15, 0.2) is 24.4 Å². The Hall–Kier alpha value is -2.15. The minimum atomic E-state index is -0.517. The number of aryl methyl sites for hydroxylation is 1. The maximum atomic E-state index is 10.6. The van der Waals surface area contributed by atoms with Crippen molar-refractivity contribution in [1.29, 1.82) is 0 Å². The van der Waals surface area contributed by atoms with Gasteiger partial charge in [0.1, 0.15) is 5.02 Å². The molecule has 18 heavy (non-hydrogen) atoms. The molecule has 1 N–H and O–H groups in total. The molecule has 2 rings (SSSR count). The average Bonchev–Trinajstić information content (AvgIpc) is 2.72. The Bertz CT molecular complexity index is 583. The third-order valence-corrected chi connectivity index (χ3v) is 2.73. The summed E-state index contributed by atoms with van der Waals surface area (Å²) >= 11 is 5.80. The molecule has 0 aliphatic heterocycles. The van der Waals surface area contributed by atoms with Crippen molar-refractivity contribution >= 4 is 23.0 Å². The van der Waals surface area contributed by atoms with Crippen LogP contribution in [0.5, 0.6) is 0 Å². The Labute approximate surface area is 108 Å². The molecular weight excluding hydrogens is 258 g/mol. The first-order valence-electron chi connectivity index (χ1n) is 5.09. The van der Waals surface area contributed by atoms with Gasteiger partial charge in [-0.05, 0) is 12.1 Å². The van der Waals surface area contributed by atoms with Crippen molar-refractivity contribution in [3.05, 3.63) is 45.2 Å². The van der Waals surface area contributed by atoms with Crippen LogP contribution in [0.25, 0.3) is 0 Å². The highest BCUT2D eigenvalue weighted by molar-refractivity contribution is 6.32. The predicted octanol–water partition coefficient (Wildman–Crippen LogP) is 1.99. The summed E-state index contributed by atoms with van der Waals surface area (Å²) in [6, 6.07) is 4.49. The zero-order valence-corrected chi connectivity index (χ0v) is 10.3. The minimum absolute atomic E-state index is 0.105. The van der Waals surface area contributed by atoms with Gasteiger partial charge >= 0.3 is 0 Å². The summed E-state index contributed by atoms with van der Waals surface area (Å²) in [6.45, 7) is 0.512. The molecule has 1 heterocycles. The van der Waals surface area contributed by atoms with Gasteiger partial charge in [-0.15, -0.1) is 5.10 Å². The molecule has 2 aromatic rings. The minimum Gasteiger partial charge on any atom is -0.379 e. The van der Waals surface area contributed by atoms with Crippen LogP contribution in [-0.2, 0) is 13.6 Å². The lowest BCUT2D eigenvalue weighted by atomic mass is 10.3. The van der Waals surface area contributed by atoms with E-state index in [2.05, 4.69) is 15.6 Å². The van der Waals surface area contributed by atoms with E-state index in [1.165, 1.54) is 12.1 Å². The Kier molecular flexibility index (Phi) is 3.42. The van der Waals surface area contributed by atoms with Crippen LogP contribution >= 0.6 is 11.6 Å². The van der Waals surface area contributed by atoms with E-state index >= 15 is 0 Å². The van der Waals surface area contributed by atoms with Crippen molar-refractivity contribution in [3.8, 4) is 0 Å². The summed E-state index contributed by atoms with van der Waals surface area (Å²) in [5, 5.41) is 21.3. The number of nitrogens with one attached hydrogen (secondary N) is 1. The lowest BCUT2D eigenvalue weighted by molar-refractivity contribution is -0.384. The SMILES string of the molecule is Cn1nncc1CNc1ccc([N+](=O)[O-])c(Cl)c1. The Morgan fingerprint density at radius 2 is 2.33 bits per heavy atom. The zero-order chi connectivity index (χ0) is 13.1. The van der Waals surface area contributed by atoms with Gasteiger partial charge in [-0.25, -0.2) is 0 Å². The molecule has 0 radical (unpaired) electrons. The highest BCUT2D eigenvalue weighted by Gasteiger charge is 2.12. The second kappa shape index (κ2) is 5.01. The van der Waals surface area contributed by atoms with E-state index in [0.717, 1.165) is 5.69 Å². The largest absolute Gasteiger partial charge is 0.379 e. The van der Waals surface area contributed by atoms with Crippen LogP contribution in [0.2, 0.25) is 5.02 Å². The predicted molar refractivity (Wildman–Crippen MR) is 66.4 cm³/mol. The van der Waals surface area contributed by atoms with Gasteiger partial charge in [0.25, 0.3) is 5.69 Å². The second-order valence-electron chi connectivity index (χ2n) is 3.63. The number of hydrogen-bond acceptors (Lipinski definition) is 5. The standard InChI is InChI=1S/C10H10ClN5O2/c1-15-8(6-13-14-15)5-12-7-2-3-10(16(17)18)9(11)4-7/h2-4,6,12H,5H2,1H3. The Morgan fingerprint density at radius 3 is 2.89 bits per heavy atom. The maximum absolute atomic E-state index is 10.6. The van der Waals surface area contributed by atoms with Crippen LogP contribution in [-0.4, -0.2) is 19.9 Å². The first-order chi connectivity index (χ1) is 8.58. The van der Waals surface area contributed by atoms with Crippen molar-refractivity contribution in [1.82, 2.24) is 15.0 Å². The fraction of sp³-hybridized carbons (Fsp3) is 0.200. The number of nitro groups is 1. The van der Waals surface area contributed by atoms with E-state index in [-0.39, 0.29) is 10.7 Å². The highest BCUT2D eigenvalue weighted by Crippen LogP contribution is 2.27. The third kappa shape index (κ3) is 2.57. The number of nitro benzene ring substituents is 1. The summed E-state index contributed by atoms with van der Waals surface area (Å²) in [7, 11) is 1.78. The quantitative estimate of drug-likeness (QED) is 0.676. The molecule has 7 nitrogen and oxygen atoms in total. The molecule has 8 heteroatoms. The van der Waals surface area contributed by atoms with Crippen LogP contribution < -0.4 is 5.32 Å². The topological polar surface area (TPSA) is 85.9 Å². The zero-order valence-electron chi connectivity index (χ0n) is 9.50. The summed E-state index contributed by atoms with van der Waals surface area (Å²) in [5.74, 6) is 0. The molecule has 0 saturated carbocycles. The fourth-order valence-electron chi connectivity index (χ4n) is 1.43. The van der Waals surface area contributed by atoms with Crippen molar-refractivity contribution < 1.29 is 4.92 Å². The summed E-state index contributed by atoms with van der Waals surface area (Å²) in [6.07, 6.45) is 1.64.